The Bertz CT molecular complexity index is 838. The number of aromatic nitrogens is 1. The number of likely N-dealkylation sites (tertiary alicyclic amines) is 1. The molecule has 1 aromatic heterocycles. The highest BCUT2D eigenvalue weighted by atomic mass is 16.5. The first-order valence-electron chi connectivity index (χ1n) is 9.15. The summed E-state index contributed by atoms with van der Waals surface area (Å²) in [5.74, 6) is -0.719. The van der Waals surface area contributed by atoms with Gasteiger partial charge < -0.3 is 19.6 Å². The van der Waals surface area contributed by atoms with E-state index in [0.29, 0.717) is 25.1 Å². The molecular formula is C21H25N3O4. The molecule has 1 fully saturated rings. The fraction of sp³-hybridized carbons (Fsp3) is 0.381. The second kappa shape index (κ2) is 8.08. The Morgan fingerprint density at radius 2 is 1.93 bits per heavy atom. The lowest BCUT2D eigenvalue weighted by Crippen LogP contribution is -2.60. The molecule has 0 bridgehead atoms. The summed E-state index contributed by atoms with van der Waals surface area (Å²) in [6.07, 6.45) is 1.76. The number of hydrogen-bond acceptors (Lipinski definition) is 6. The van der Waals surface area contributed by atoms with Crippen LogP contribution in [0.3, 0.4) is 0 Å². The maximum atomic E-state index is 12.9. The third kappa shape index (κ3) is 3.76. The van der Waals surface area contributed by atoms with Crippen LogP contribution in [0.15, 0.2) is 48.7 Å². The van der Waals surface area contributed by atoms with E-state index in [9.17, 15) is 14.7 Å². The summed E-state index contributed by atoms with van der Waals surface area (Å²) >= 11 is 0. The molecule has 2 aromatic rings. The Labute approximate surface area is 164 Å². The van der Waals surface area contributed by atoms with Gasteiger partial charge >= 0.3 is 5.97 Å². The lowest BCUT2D eigenvalue weighted by atomic mass is 9.79. The van der Waals surface area contributed by atoms with E-state index >= 15 is 0 Å². The number of nitrogens with zero attached hydrogens (tertiary/aromatic N) is 3. The third-order valence-electron chi connectivity index (χ3n) is 5.30. The van der Waals surface area contributed by atoms with Crippen LogP contribution in [0.5, 0.6) is 0 Å². The van der Waals surface area contributed by atoms with Crippen molar-refractivity contribution in [1.82, 2.24) is 14.8 Å². The first kappa shape index (κ1) is 20.0. The first-order chi connectivity index (χ1) is 13.4. The second-order valence-electron chi connectivity index (χ2n) is 7.19. The predicted octanol–water partition coefficient (Wildman–Crippen LogP) is 1.53. The Balaban J connectivity index is 1.80. The van der Waals surface area contributed by atoms with Crippen molar-refractivity contribution in [3.8, 4) is 0 Å². The zero-order valence-corrected chi connectivity index (χ0v) is 16.3. The number of pyridine rings is 1. The van der Waals surface area contributed by atoms with Crippen LogP contribution in [-0.4, -0.2) is 72.1 Å². The van der Waals surface area contributed by atoms with Gasteiger partial charge in [-0.1, -0.05) is 30.3 Å². The quantitative estimate of drug-likeness (QED) is 0.807. The second-order valence-corrected chi connectivity index (χ2v) is 7.19. The summed E-state index contributed by atoms with van der Waals surface area (Å²) < 4.78 is 4.65. The molecule has 0 unspecified atom stereocenters. The summed E-state index contributed by atoms with van der Waals surface area (Å²) in [7, 11) is 5.09. The third-order valence-corrected chi connectivity index (χ3v) is 5.30. The summed E-state index contributed by atoms with van der Waals surface area (Å²) in [6.45, 7) is 0.784. The maximum absolute atomic E-state index is 12.9. The molecule has 1 amide bonds. The summed E-state index contributed by atoms with van der Waals surface area (Å²) in [6, 6.07) is 12.4. The van der Waals surface area contributed by atoms with Crippen LogP contribution in [0.25, 0.3) is 0 Å². The van der Waals surface area contributed by atoms with Crippen molar-refractivity contribution in [3.63, 3.8) is 0 Å². The molecule has 1 saturated heterocycles. The molecular weight excluding hydrogens is 358 g/mol. The average molecular weight is 383 g/mol. The van der Waals surface area contributed by atoms with Crippen molar-refractivity contribution in [1.29, 1.82) is 0 Å². The van der Waals surface area contributed by atoms with E-state index in [1.54, 1.807) is 4.90 Å². The van der Waals surface area contributed by atoms with Crippen molar-refractivity contribution in [2.75, 3.05) is 34.3 Å². The predicted molar refractivity (Wildman–Crippen MR) is 104 cm³/mol. The van der Waals surface area contributed by atoms with Crippen LogP contribution in [0.1, 0.15) is 32.8 Å². The maximum Gasteiger partial charge on any atom is 0.339 e. The minimum absolute atomic E-state index is 0.224. The van der Waals surface area contributed by atoms with E-state index in [2.05, 4.69) is 9.72 Å². The van der Waals surface area contributed by atoms with E-state index in [1.807, 2.05) is 49.3 Å². The molecule has 28 heavy (non-hydrogen) atoms. The Hall–Kier alpha value is -2.77. The molecule has 0 radical (unpaired) electrons. The Morgan fingerprint density at radius 1 is 1.21 bits per heavy atom. The molecule has 0 aliphatic carbocycles. The van der Waals surface area contributed by atoms with Crippen LogP contribution >= 0.6 is 0 Å². The van der Waals surface area contributed by atoms with Gasteiger partial charge in [-0.15, -0.1) is 0 Å². The van der Waals surface area contributed by atoms with Gasteiger partial charge in [0.1, 0.15) is 11.3 Å². The molecule has 1 aliphatic rings. The SMILES string of the molecule is COC(=O)c1ccc(C(=O)N2CC[C@](O)(c3ccccc3)[C@H](N(C)C)C2)nc1. The average Bonchev–Trinajstić information content (AvgIpc) is 2.73. The summed E-state index contributed by atoms with van der Waals surface area (Å²) in [5, 5.41) is 11.4. The van der Waals surface area contributed by atoms with E-state index in [0.717, 1.165) is 5.56 Å². The number of methoxy groups -OCH3 is 1. The van der Waals surface area contributed by atoms with Gasteiger partial charge in [-0.3, -0.25) is 9.78 Å². The van der Waals surface area contributed by atoms with Crippen molar-refractivity contribution in [2.24, 2.45) is 0 Å². The van der Waals surface area contributed by atoms with Crippen LogP contribution in [0.4, 0.5) is 0 Å². The van der Waals surface area contributed by atoms with Gasteiger partial charge in [0.25, 0.3) is 5.91 Å². The molecule has 0 saturated carbocycles. The minimum atomic E-state index is -1.04. The topological polar surface area (TPSA) is 83.0 Å². The van der Waals surface area contributed by atoms with Crippen molar-refractivity contribution in [3.05, 3.63) is 65.5 Å². The monoisotopic (exact) mass is 383 g/mol. The summed E-state index contributed by atoms with van der Waals surface area (Å²) in [4.78, 5) is 32.2. The largest absolute Gasteiger partial charge is 0.465 e. The molecule has 1 aromatic carbocycles. The van der Waals surface area contributed by atoms with Gasteiger partial charge in [-0.05, 0) is 38.2 Å². The van der Waals surface area contributed by atoms with Crippen LogP contribution in [0.2, 0.25) is 0 Å². The number of ether oxygens (including phenoxy) is 1. The standard InChI is InChI=1S/C21H25N3O4/c1-23(2)18-14-24(12-11-21(18,27)16-7-5-4-6-8-16)19(25)17-10-9-15(13-22-17)20(26)28-3/h4-10,13,18,27H,11-12,14H2,1-3H3/t18-,21+/m1/s1. The highest BCUT2D eigenvalue weighted by molar-refractivity contribution is 5.94. The molecule has 1 N–H and O–H groups in total. The molecule has 148 valence electrons. The number of likely N-dealkylation sites (N-methyl/N-ethyl adjacent to an activating group) is 1. The Kier molecular flexibility index (Phi) is 5.76. The molecule has 1 aliphatic heterocycles. The fourth-order valence-corrected chi connectivity index (χ4v) is 3.68. The molecule has 7 nitrogen and oxygen atoms in total. The van der Waals surface area contributed by atoms with E-state index in [-0.39, 0.29) is 17.6 Å². The number of aliphatic hydroxyl groups is 1. The Morgan fingerprint density at radius 3 is 2.50 bits per heavy atom. The van der Waals surface area contributed by atoms with Crippen LogP contribution < -0.4 is 0 Å². The zero-order chi connectivity index (χ0) is 20.3. The summed E-state index contributed by atoms with van der Waals surface area (Å²) in [5.41, 5.74) is 0.364. The van der Waals surface area contributed by atoms with Gasteiger partial charge in [0, 0.05) is 19.3 Å². The van der Waals surface area contributed by atoms with Crippen molar-refractivity contribution in [2.45, 2.75) is 18.1 Å². The highest BCUT2D eigenvalue weighted by Crippen LogP contribution is 2.35. The van der Waals surface area contributed by atoms with Crippen LogP contribution in [-0.2, 0) is 10.3 Å². The number of carbonyl (C=O) groups is 2. The lowest BCUT2D eigenvalue weighted by Gasteiger charge is -2.47. The minimum Gasteiger partial charge on any atom is -0.465 e. The van der Waals surface area contributed by atoms with E-state index in [1.165, 1.54) is 25.4 Å². The number of esters is 1. The van der Waals surface area contributed by atoms with Gasteiger partial charge in [-0.2, -0.15) is 0 Å². The number of benzene rings is 1. The van der Waals surface area contributed by atoms with Gasteiger partial charge in [-0.25, -0.2) is 4.79 Å². The molecule has 7 heteroatoms. The molecule has 2 atom stereocenters. The normalized spacial score (nSPS) is 22.2. The van der Waals surface area contributed by atoms with Gasteiger partial charge in [0.2, 0.25) is 0 Å². The van der Waals surface area contributed by atoms with Crippen LogP contribution in [0, 0.1) is 0 Å². The number of amides is 1. The number of rotatable bonds is 4. The van der Waals surface area contributed by atoms with E-state index in [4.69, 9.17) is 0 Å². The highest BCUT2D eigenvalue weighted by Gasteiger charge is 2.45. The van der Waals surface area contributed by atoms with Gasteiger partial charge in [0.15, 0.2) is 0 Å². The number of piperidine rings is 1. The van der Waals surface area contributed by atoms with Gasteiger partial charge in [0.05, 0.1) is 18.7 Å². The molecule has 2 heterocycles. The lowest BCUT2D eigenvalue weighted by molar-refractivity contribution is -0.0811. The smallest absolute Gasteiger partial charge is 0.339 e. The number of hydrogen-bond donors (Lipinski definition) is 1. The zero-order valence-electron chi connectivity index (χ0n) is 16.3. The first-order valence-corrected chi connectivity index (χ1v) is 9.15. The number of carbonyl (C=O) groups excluding carboxylic acids is 2. The molecule has 0 spiro atoms. The van der Waals surface area contributed by atoms with Crippen molar-refractivity contribution >= 4 is 11.9 Å². The van der Waals surface area contributed by atoms with Crippen molar-refractivity contribution < 1.29 is 19.4 Å². The van der Waals surface area contributed by atoms with E-state index < -0.39 is 11.6 Å². The fourth-order valence-electron chi connectivity index (χ4n) is 3.68. The molecule has 3 rings (SSSR count).